The number of amidine groups is 1. The van der Waals surface area contributed by atoms with Gasteiger partial charge in [-0.05, 0) is 32.0 Å². The van der Waals surface area contributed by atoms with Gasteiger partial charge in [0, 0.05) is 16.5 Å². The van der Waals surface area contributed by atoms with Gasteiger partial charge in [0.1, 0.15) is 23.2 Å². The third kappa shape index (κ3) is 2.22. The van der Waals surface area contributed by atoms with E-state index in [0.717, 1.165) is 22.3 Å². The lowest BCUT2D eigenvalue weighted by Crippen LogP contribution is -2.22. The van der Waals surface area contributed by atoms with Gasteiger partial charge in [0.25, 0.3) is 10.0 Å². The molecule has 0 spiro atoms. The second-order valence-electron chi connectivity index (χ2n) is 5.84. The van der Waals surface area contributed by atoms with E-state index in [1.807, 2.05) is 38.1 Å². The van der Waals surface area contributed by atoms with Crippen LogP contribution in [0.4, 0.5) is 0 Å². The first-order valence-corrected chi connectivity index (χ1v) is 9.14. The molecule has 2 heterocycles. The van der Waals surface area contributed by atoms with Crippen LogP contribution in [-0.2, 0) is 10.0 Å². The number of aryl methyl sites for hydroxylation is 1. The largest absolute Gasteiger partial charge is 0.459 e. The van der Waals surface area contributed by atoms with Crippen LogP contribution in [0.3, 0.4) is 0 Å². The first-order valence-electron chi connectivity index (χ1n) is 7.65. The lowest BCUT2D eigenvalue weighted by atomic mass is 10.1. The Morgan fingerprint density at radius 1 is 1.08 bits per heavy atom. The Kier molecular flexibility index (Phi) is 3.25. The number of benzene rings is 2. The molecular formula is C18H16N2O3S. The normalized spacial score (nSPS) is 18.5. The lowest BCUT2D eigenvalue weighted by Gasteiger charge is -2.06. The first kappa shape index (κ1) is 15.0. The van der Waals surface area contributed by atoms with Crippen LogP contribution in [-0.4, -0.2) is 14.3 Å². The molecule has 0 amide bonds. The highest BCUT2D eigenvalue weighted by atomic mass is 32.2. The van der Waals surface area contributed by atoms with Gasteiger partial charge in [-0.1, -0.05) is 30.3 Å². The number of nitrogens with one attached hydrogen (secondary N) is 1. The maximum atomic E-state index is 12.2. The predicted molar refractivity (Wildman–Crippen MR) is 92.7 cm³/mol. The Balaban J connectivity index is 1.80. The monoisotopic (exact) mass is 340 g/mol. The Morgan fingerprint density at radius 2 is 1.79 bits per heavy atom. The summed E-state index contributed by atoms with van der Waals surface area (Å²) in [7, 11) is -3.53. The van der Waals surface area contributed by atoms with E-state index in [-0.39, 0.29) is 10.9 Å². The van der Waals surface area contributed by atoms with Crippen LogP contribution in [0.1, 0.15) is 29.9 Å². The zero-order valence-corrected chi connectivity index (χ0v) is 14.1. The topological polar surface area (TPSA) is 71.7 Å². The summed E-state index contributed by atoms with van der Waals surface area (Å²) in [5.74, 6) is 1.10. The average Bonchev–Trinajstić information content (AvgIpc) is 3.03. The molecule has 1 N–H and O–H groups in total. The van der Waals surface area contributed by atoms with Crippen LogP contribution >= 0.6 is 0 Å². The van der Waals surface area contributed by atoms with Crippen molar-refractivity contribution in [3.8, 4) is 0 Å². The van der Waals surface area contributed by atoms with Gasteiger partial charge in [0.15, 0.2) is 0 Å². The highest BCUT2D eigenvalue weighted by Crippen LogP contribution is 2.32. The number of nitrogens with zero attached hydrogens (tertiary/aromatic N) is 1. The van der Waals surface area contributed by atoms with E-state index in [9.17, 15) is 8.42 Å². The molecule has 0 aliphatic carbocycles. The third-order valence-corrected chi connectivity index (χ3v) is 5.64. The summed E-state index contributed by atoms with van der Waals surface area (Å²) in [4.78, 5) is 4.83. The Labute approximate surface area is 140 Å². The maximum Gasteiger partial charge on any atom is 0.263 e. The van der Waals surface area contributed by atoms with Gasteiger partial charge in [-0.15, -0.1) is 0 Å². The molecule has 2 aromatic carbocycles. The molecule has 4 rings (SSSR count). The van der Waals surface area contributed by atoms with E-state index in [0.29, 0.717) is 11.4 Å². The van der Waals surface area contributed by atoms with Crippen LogP contribution in [0.25, 0.3) is 11.0 Å². The van der Waals surface area contributed by atoms with E-state index in [2.05, 4.69) is 9.71 Å². The fraction of sp³-hybridized carbons (Fsp3) is 0.167. The fourth-order valence-corrected chi connectivity index (χ4v) is 4.31. The molecule has 24 heavy (non-hydrogen) atoms. The van der Waals surface area contributed by atoms with Gasteiger partial charge in [-0.3, -0.25) is 9.71 Å². The molecule has 0 radical (unpaired) electrons. The standard InChI is InChI=1S/C18H16N2O3S/c1-11-13-7-3-5-9-15(13)23-17(11)12(2)19-18-14-8-4-6-10-16(14)24(21,22)20-18/h3-10,12H,1-2H3,(H,19,20)/t12-/m0/s1. The SMILES string of the molecule is Cc1c([C@H](C)N=C2NS(=O)(=O)c3ccccc32)oc2ccccc12. The van der Waals surface area contributed by atoms with Crippen molar-refractivity contribution in [3.63, 3.8) is 0 Å². The molecule has 1 atom stereocenters. The highest BCUT2D eigenvalue weighted by Gasteiger charge is 2.31. The van der Waals surface area contributed by atoms with Crippen molar-refractivity contribution in [2.45, 2.75) is 24.8 Å². The summed E-state index contributed by atoms with van der Waals surface area (Å²) in [6.07, 6.45) is 0. The molecule has 1 aromatic heterocycles. The number of furan rings is 1. The van der Waals surface area contributed by atoms with Gasteiger partial charge >= 0.3 is 0 Å². The number of hydrogen-bond donors (Lipinski definition) is 1. The molecule has 122 valence electrons. The quantitative estimate of drug-likeness (QED) is 0.775. The van der Waals surface area contributed by atoms with Gasteiger partial charge in [-0.2, -0.15) is 0 Å². The molecule has 0 saturated carbocycles. The molecule has 1 aliphatic rings. The number of hydrogen-bond acceptors (Lipinski definition) is 4. The zero-order valence-electron chi connectivity index (χ0n) is 13.3. The van der Waals surface area contributed by atoms with Crippen molar-refractivity contribution < 1.29 is 12.8 Å². The second-order valence-corrected chi connectivity index (χ2v) is 7.49. The summed E-state index contributed by atoms with van der Waals surface area (Å²) < 4.78 is 32.8. The summed E-state index contributed by atoms with van der Waals surface area (Å²) in [5, 5.41) is 1.05. The number of fused-ring (bicyclic) bond motifs is 2. The van der Waals surface area contributed by atoms with Crippen molar-refractivity contribution in [2.75, 3.05) is 0 Å². The minimum atomic E-state index is -3.53. The van der Waals surface area contributed by atoms with E-state index in [1.165, 1.54) is 0 Å². The van der Waals surface area contributed by atoms with Crippen molar-refractivity contribution >= 4 is 26.8 Å². The summed E-state index contributed by atoms with van der Waals surface area (Å²) in [5.41, 5.74) is 2.43. The van der Waals surface area contributed by atoms with Gasteiger partial charge < -0.3 is 4.42 Å². The Hall–Kier alpha value is -2.60. The number of sulfonamides is 1. The third-order valence-electron chi connectivity index (χ3n) is 4.25. The lowest BCUT2D eigenvalue weighted by molar-refractivity contribution is 0.510. The minimum absolute atomic E-state index is 0.261. The second kappa shape index (κ2) is 5.21. The molecule has 0 fully saturated rings. The van der Waals surface area contributed by atoms with Crippen LogP contribution in [0.5, 0.6) is 0 Å². The molecule has 5 nitrogen and oxygen atoms in total. The molecule has 1 aliphatic heterocycles. The molecule has 0 saturated heterocycles. The molecule has 0 unspecified atom stereocenters. The highest BCUT2D eigenvalue weighted by molar-refractivity contribution is 7.90. The summed E-state index contributed by atoms with van der Waals surface area (Å²) in [6.45, 7) is 3.89. The van der Waals surface area contributed by atoms with E-state index >= 15 is 0 Å². The minimum Gasteiger partial charge on any atom is -0.459 e. The van der Waals surface area contributed by atoms with Crippen LogP contribution < -0.4 is 4.72 Å². The van der Waals surface area contributed by atoms with Crippen molar-refractivity contribution in [1.29, 1.82) is 0 Å². The summed E-state index contributed by atoms with van der Waals surface area (Å²) in [6, 6.07) is 14.3. The zero-order chi connectivity index (χ0) is 16.9. The number of rotatable bonds is 2. The van der Waals surface area contributed by atoms with Gasteiger partial charge in [0.2, 0.25) is 0 Å². The number of aliphatic imine (C=N–C) groups is 1. The molecule has 3 aromatic rings. The van der Waals surface area contributed by atoms with Crippen LogP contribution in [0.15, 0.2) is 62.8 Å². The van der Waals surface area contributed by atoms with E-state index in [4.69, 9.17) is 4.42 Å². The number of para-hydroxylation sites is 1. The molecule has 0 bridgehead atoms. The van der Waals surface area contributed by atoms with Crippen LogP contribution in [0, 0.1) is 6.92 Å². The summed E-state index contributed by atoms with van der Waals surface area (Å²) >= 11 is 0. The van der Waals surface area contributed by atoms with Crippen LogP contribution in [0.2, 0.25) is 0 Å². The predicted octanol–water partition coefficient (Wildman–Crippen LogP) is 3.54. The van der Waals surface area contributed by atoms with Crippen molar-refractivity contribution in [3.05, 3.63) is 65.4 Å². The first-order chi connectivity index (χ1) is 11.5. The average molecular weight is 340 g/mol. The van der Waals surface area contributed by atoms with E-state index < -0.39 is 10.0 Å². The Bertz CT molecular complexity index is 1080. The van der Waals surface area contributed by atoms with Gasteiger partial charge in [0.05, 0.1) is 4.90 Å². The van der Waals surface area contributed by atoms with Gasteiger partial charge in [-0.25, -0.2) is 8.42 Å². The Morgan fingerprint density at radius 3 is 2.58 bits per heavy atom. The van der Waals surface area contributed by atoms with Crippen molar-refractivity contribution in [1.82, 2.24) is 4.72 Å². The van der Waals surface area contributed by atoms with E-state index in [1.54, 1.807) is 24.3 Å². The molecule has 6 heteroatoms. The van der Waals surface area contributed by atoms with Crippen molar-refractivity contribution in [2.24, 2.45) is 4.99 Å². The maximum absolute atomic E-state index is 12.2. The molecular weight excluding hydrogens is 324 g/mol. The smallest absolute Gasteiger partial charge is 0.263 e. The fourth-order valence-electron chi connectivity index (χ4n) is 3.07.